The summed E-state index contributed by atoms with van der Waals surface area (Å²) in [5, 5.41) is 9.56. The molecule has 0 saturated heterocycles. The van der Waals surface area contributed by atoms with Crippen LogP contribution in [0, 0.1) is 6.92 Å². The highest BCUT2D eigenvalue weighted by atomic mass is 16.1. The smallest absolute Gasteiger partial charge is 0.239 e. The molecule has 0 bridgehead atoms. The first-order valence-corrected chi connectivity index (χ1v) is 5.17. The Kier molecular flexibility index (Phi) is 3.15. The number of hydrogen-bond acceptors (Lipinski definition) is 4. The van der Waals surface area contributed by atoms with Crippen molar-refractivity contribution >= 4 is 11.7 Å². The van der Waals surface area contributed by atoms with Gasteiger partial charge in [-0.2, -0.15) is 5.10 Å². The van der Waals surface area contributed by atoms with Gasteiger partial charge in [-0.3, -0.25) is 14.9 Å². The molecule has 0 aliphatic rings. The number of anilines is 1. The van der Waals surface area contributed by atoms with Gasteiger partial charge >= 0.3 is 0 Å². The summed E-state index contributed by atoms with van der Waals surface area (Å²) in [5.41, 5.74) is 7.93. The molecule has 0 saturated carbocycles. The summed E-state index contributed by atoms with van der Waals surface area (Å²) < 4.78 is 0. The van der Waals surface area contributed by atoms with Crippen LogP contribution in [0.1, 0.15) is 5.56 Å². The third-order valence-corrected chi connectivity index (χ3v) is 2.42. The van der Waals surface area contributed by atoms with Crippen molar-refractivity contribution in [2.24, 2.45) is 5.73 Å². The maximum Gasteiger partial charge on any atom is 0.239 e. The van der Waals surface area contributed by atoms with E-state index >= 15 is 0 Å². The summed E-state index contributed by atoms with van der Waals surface area (Å²) in [6, 6.07) is 3.74. The van der Waals surface area contributed by atoms with E-state index in [0.717, 1.165) is 16.8 Å². The monoisotopic (exact) mass is 231 g/mol. The van der Waals surface area contributed by atoms with E-state index in [4.69, 9.17) is 5.73 Å². The maximum absolute atomic E-state index is 11.2. The summed E-state index contributed by atoms with van der Waals surface area (Å²) in [6.07, 6.45) is 3.40. The number of hydrogen-bond donors (Lipinski definition) is 3. The number of amides is 1. The van der Waals surface area contributed by atoms with Gasteiger partial charge in [0.25, 0.3) is 0 Å². The zero-order chi connectivity index (χ0) is 12.3. The van der Waals surface area contributed by atoms with E-state index < -0.39 is 0 Å². The molecule has 6 nitrogen and oxygen atoms in total. The fraction of sp³-hybridized carbons (Fsp3) is 0.182. The lowest BCUT2D eigenvalue weighted by Gasteiger charge is -2.01. The Morgan fingerprint density at radius 2 is 2.18 bits per heavy atom. The van der Waals surface area contributed by atoms with E-state index in [1.54, 1.807) is 12.4 Å². The normalized spacial score (nSPS) is 10.2. The Hall–Kier alpha value is -2.21. The predicted molar refractivity (Wildman–Crippen MR) is 64.2 cm³/mol. The van der Waals surface area contributed by atoms with Crippen molar-refractivity contribution in [2.45, 2.75) is 6.92 Å². The summed E-state index contributed by atoms with van der Waals surface area (Å²) in [6.45, 7) is 1.82. The highest BCUT2D eigenvalue weighted by Gasteiger charge is 2.11. The van der Waals surface area contributed by atoms with Crippen molar-refractivity contribution in [3.8, 4) is 11.3 Å². The molecule has 4 N–H and O–H groups in total. The standard InChI is InChI=1S/C11H13N5O/c1-7-10(8-2-4-13-5-3-8)15-16-11(7)14-9(17)6-12/h2-5H,6,12H2,1H3,(H2,14,15,16,17). The van der Waals surface area contributed by atoms with Crippen LogP contribution in [0.3, 0.4) is 0 Å². The highest BCUT2D eigenvalue weighted by molar-refractivity contribution is 5.92. The van der Waals surface area contributed by atoms with Gasteiger partial charge < -0.3 is 11.1 Å². The number of nitrogens with one attached hydrogen (secondary N) is 2. The highest BCUT2D eigenvalue weighted by Crippen LogP contribution is 2.24. The molecule has 2 heterocycles. The number of carbonyl (C=O) groups excluding carboxylic acids is 1. The first-order chi connectivity index (χ1) is 8.22. The fourth-order valence-corrected chi connectivity index (χ4v) is 1.50. The van der Waals surface area contributed by atoms with Gasteiger partial charge in [-0.25, -0.2) is 0 Å². The van der Waals surface area contributed by atoms with Crippen LogP contribution in [0.2, 0.25) is 0 Å². The van der Waals surface area contributed by atoms with Gasteiger partial charge in [-0.05, 0) is 19.1 Å². The molecular weight excluding hydrogens is 218 g/mol. The lowest BCUT2D eigenvalue weighted by Crippen LogP contribution is -2.22. The maximum atomic E-state index is 11.2. The van der Waals surface area contributed by atoms with Gasteiger partial charge in [0.1, 0.15) is 0 Å². The van der Waals surface area contributed by atoms with Gasteiger partial charge in [-0.15, -0.1) is 0 Å². The lowest BCUT2D eigenvalue weighted by molar-refractivity contribution is -0.114. The van der Waals surface area contributed by atoms with Crippen molar-refractivity contribution in [3.05, 3.63) is 30.1 Å². The zero-order valence-corrected chi connectivity index (χ0v) is 9.40. The minimum absolute atomic E-state index is 0.0586. The van der Waals surface area contributed by atoms with Crippen LogP contribution in [0.25, 0.3) is 11.3 Å². The first-order valence-electron chi connectivity index (χ1n) is 5.17. The van der Waals surface area contributed by atoms with Crippen LogP contribution >= 0.6 is 0 Å². The Bertz CT molecular complexity index is 520. The van der Waals surface area contributed by atoms with E-state index in [1.165, 1.54) is 0 Å². The molecule has 0 radical (unpaired) electrons. The van der Waals surface area contributed by atoms with Crippen LogP contribution < -0.4 is 11.1 Å². The molecule has 2 aromatic heterocycles. The third-order valence-electron chi connectivity index (χ3n) is 2.42. The molecule has 0 atom stereocenters. The summed E-state index contributed by atoms with van der Waals surface area (Å²) >= 11 is 0. The minimum Gasteiger partial charge on any atom is -0.322 e. The van der Waals surface area contributed by atoms with E-state index in [1.807, 2.05) is 19.1 Å². The van der Waals surface area contributed by atoms with E-state index in [0.29, 0.717) is 5.82 Å². The Labute approximate surface area is 98.3 Å². The number of aromatic amines is 1. The van der Waals surface area contributed by atoms with Crippen LogP contribution in [-0.2, 0) is 4.79 Å². The summed E-state index contributed by atoms with van der Waals surface area (Å²) in [7, 11) is 0. The van der Waals surface area contributed by atoms with Crippen molar-refractivity contribution in [1.29, 1.82) is 0 Å². The number of aromatic nitrogens is 3. The quantitative estimate of drug-likeness (QED) is 0.723. The second kappa shape index (κ2) is 4.75. The van der Waals surface area contributed by atoms with Gasteiger partial charge in [0.05, 0.1) is 12.2 Å². The fourth-order valence-electron chi connectivity index (χ4n) is 1.50. The molecule has 0 spiro atoms. The van der Waals surface area contributed by atoms with Gasteiger partial charge in [-0.1, -0.05) is 0 Å². The summed E-state index contributed by atoms with van der Waals surface area (Å²) in [4.78, 5) is 15.1. The molecule has 88 valence electrons. The van der Waals surface area contributed by atoms with Crippen LogP contribution in [0.15, 0.2) is 24.5 Å². The van der Waals surface area contributed by atoms with E-state index in [2.05, 4.69) is 20.5 Å². The average molecular weight is 231 g/mol. The molecule has 0 aromatic carbocycles. The van der Waals surface area contributed by atoms with Gasteiger partial charge in [0.2, 0.25) is 5.91 Å². The second-order valence-corrected chi connectivity index (χ2v) is 3.56. The number of carbonyl (C=O) groups is 1. The largest absolute Gasteiger partial charge is 0.322 e. The number of rotatable bonds is 3. The molecule has 0 aliphatic carbocycles. The third kappa shape index (κ3) is 2.31. The number of nitrogens with zero attached hydrogens (tertiary/aromatic N) is 2. The van der Waals surface area contributed by atoms with Crippen molar-refractivity contribution in [2.75, 3.05) is 11.9 Å². The molecule has 2 rings (SSSR count). The van der Waals surface area contributed by atoms with Crippen LogP contribution in [-0.4, -0.2) is 27.6 Å². The number of nitrogens with two attached hydrogens (primary N) is 1. The first kappa shape index (κ1) is 11.3. The van der Waals surface area contributed by atoms with Gasteiger partial charge in [0, 0.05) is 23.5 Å². The summed E-state index contributed by atoms with van der Waals surface area (Å²) in [5.74, 6) is 0.244. The lowest BCUT2D eigenvalue weighted by atomic mass is 10.1. The zero-order valence-electron chi connectivity index (χ0n) is 9.40. The van der Waals surface area contributed by atoms with Crippen molar-refractivity contribution in [1.82, 2.24) is 15.2 Å². The Balaban J connectivity index is 2.30. The SMILES string of the molecule is Cc1c(NC(=O)CN)n[nH]c1-c1ccncc1. The second-order valence-electron chi connectivity index (χ2n) is 3.56. The van der Waals surface area contributed by atoms with Crippen LogP contribution in [0.5, 0.6) is 0 Å². The number of pyridine rings is 1. The number of H-pyrrole nitrogens is 1. The van der Waals surface area contributed by atoms with Crippen LogP contribution in [0.4, 0.5) is 5.82 Å². The van der Waals surface area contributed by atoms with E-state index in [9.17, 15) is 4.79 Å². The van der Waals surface area contributed by atoms with E-state index in [-0.39, 0.29) is 12.5 Å². The Morgan fingerprint density at radius 1 is 1.47 bits per heavy atom. The van der Waals surface area contributed by atoms with Gasteiger partial charge in [0.15, 0.2) is 5.82 Å². The minimum atomic E-state index is -0.263. The molecular formula is C11H13N5O. The molecule has 0 aliphatic heterocycles. The van der Waals surface area contributed by atoms with Crippen molar-refractivity contribution in [3.63, 3.8) is 0 Å². The molecule has 0 unspecified atom stereocenters. The molecule has 1 amide bonds. The molecule has 6 heteroatoms. The average Bonchev–Trinajstić information content (AvgIpc) is 2.72. The molecule has 0 fully saturated rings. The molecule has 2 aromatic rings. The molecule has 17 heavy (non-hydrogen) atoms. The topological polar surface area (TPSA) is 96.7 Å². The predicted octanol–water partition coefficient (Wildman–Crippen LogP) is 0.677. The van der Waals surface area contributed by atoms with Crippen molar-refractivity contribution < 1.29 is 4.79 Å². The Morgan fingerprint density at radius 3 is 2.82 bits per heavy atom.